The molecule has 2 N–H and O–H groups in total. The molecule has 0 saturated carbocycles. The van der Waals surface area contributed by atoms with E-state index in [2.05, 4.69) is 0 Å². The highest BCUT2D eigenvalue weighted by Crippen LogP contribution is 2.22. The summed E-state index contributed by atoms with van der Waals surface area (Å²) in [7, 11) is 1.54. The number of aliphatic carboxylic acids is 2. The molecule has 1 aromatic carbocycles. The predicted molar refractivity (Wildman–Crippen MR) is 74.3 cm³/mol. The molecule has 0 bridgehead atoms. The molecule has 110 valence electrons. The Balaban J connectivity index is 2.89. The van der Waals surface area contributed by atoms with Crippen LogP contribution >= 0.6 is 0 Å². The second-order valence-electron chi connectivity index (χ2n) is 4.53. The molecule has 0 aliphatic heterocycles. The fraction of sp³-hybridized carbons (Fsp3) is 0.429. The van der Waals surface area contributed by atoms with E-state index in [0.717, 1.165) is 5.69 Å². The van der Waals surface area contributed by atoms with Gasteiger partial charge in [-0.3, -0.25) is 9.59 Å². The SMILES string of the molecule is COc1cccc(N(CCC(=O)O)CC(C)C(=O)O)c1. The van der Waals surface area contributed by atoms with E-state index in [1.54, 1.807) is 43.2 Å². The van der Waals surface area contributed by atoms with Crippen molar-refractivity contribution in [3.63, 3.8) is 0 Å². The van der Waals surface area contributed by atoms with Crippen molar-refractivity contribution in [1.29, 1.82) is 0 Å². The number of carboxylic acid groups (broad SMARTS) is 2. The average Bonchev–Trinajstić information content (AvgIpc) is 2.42. The molecule has 6 nitrogen and oxygen atoms in total. The summed E-state index contributed by atoms with van der Waals surface area (Å²) in [5, 5.41) is 17.8. The molecular weight excluding hydrogens is 262 g/mol. The number of nitrogens with zero attached hydrogens (tertiary/aromatic N) is 1. The lowest BCUT2D eigenvalue weighted by atomic mass is 10.1. The van der Waals surface area contributed by atoms with Crippen molar-refractivity contribution < 1.29 is 24.5 Å². The minimum absolute atomic E-state index is 0.0520. The second kappa shape index (κ2) is 7.37. The van der Waals surface area contributed by atoms with E-state index < -0.39 is 17.9 Å². The van der Waals surface area contributed by atoms with E-state index in [1.165, 1.54) is 0 Å². The Hall–Kier alpha value is -2.24. The molecule has 0 heterocycles. The number of rotatable bonds is 8. The molecule has 0 amide bonds. The van der Waals surface area contributed by atoms with Crippen molar-refractivity contribution in [2.24, 2.45) is 5.92 Å². The summed E-state index contributed by atoms with van der Waals surface area (Å²) in [5.74, 6) is -1.77. The number of methoxy groups -OCH3 is 1. The molecule has 1 aromatic rings. The second-order valence-corrected chi connectivity index (χ2v) is 4.53. The Morgan fingerprint density at radius 2 is 2.05 bits per heavy atom. The Kier molecular flexibility index (Phi) is 5.83. The first kappa shape index (κ1) is 15.8. The first-order valence-corrected chi connectivity index (χ1v) is 6.27. The summed E-state index contributed by atoms with van der Waals surface area (Å²) in [4.78, 5) is 23.4. The van der Waals surface area contributed by atoms with Crippen LogP contribution in [-0.2, 0) is 9.59 Å². The quantitative estimate of drug-likeness (QED) is 0.754. The Bertz CT molecular complexity index is 474. The smallest absolute Gasteiger partial charge is 0.308 e. The maximum Gasteiger partial charge on any atom is 0.308 e. The predicted octanol–water partition coefficient (Wildman–Crippen LogP) is 1.70. The zero-order chi connectivity index (χ0) is 15.1. The van der Waals surface area contributed by atoms with Crippen LogP contribution < -0.4 is 9.64 Å². The van der Waals surface area contributed by atoms with Crippen molar-refractivity contribution in [2.75, 3.05) is 25.1 Å². The van der Waals surface area contributed by atoms with Crippen LogP contribution in [0.1, 0.15) is 13.3 Å². The van der Waals surface area contributed by atoms with Crippen LogP contribution in [0.3, 0.4) is 0 Å². The summed E-state index contributed by atoms with van der Waals surface area (Å²) in [6.07, 6.45) is -0.0520. The van der Waals surface area contributed by atoms with Crippen LogP contribution in [0.15, 0.2) is 24.3 Å². The summed E-state index contributed by atoms with van der Waals surface area (Å²) < 4.78 is 5.12. The summed E-state index contributed by atoms with van der Waals surface area (Å²) in [6.45, 7) is 2.09. The number of carboxylic acids is 2. The number of hydrogen-bond donors (Lipinski definition) is 2. The summed E-state index contributed by atoms with van der Waals surface area (Å²) in [6, 6.07) is 7.13. The Labute approximate surface area is 117 Å². The highest BCUT2D eigenvalue weighted by Gasteiger charge is 2.17. The van der Waals surface area contributed by atoms with Gasteiger partial charge in [0, 0.05) is 24.8 Å². The van der Waals surface area contributed by atoms with E-state index >= 15 is 0 Å². The first-order chi connectivity index (χ1) is 9.43. The van der Waals surface area contributed by atoms with E-state index in [-0.39, 0.29) is 19.5 Å². The van der Waals surface area contributed by atoms with Gasteiger partial charge >= 0.3 is 11.9 Å². The largest absolute Gasteiger partial charge is 0.497 e. The zero-order valence-corrected chi connectivity index (χ0v) is 11.6. The number of hydrogen-bond acceptors (Lipinski definition) is 4. The van der Waals surface area contributed by atoms with E-state index in [9.17, 15) is 9.59 Å². The van der Waals surface area contributed by atoms with E-state index in [1.807, 2.05) is 0 Å². The molecular formula is C14H19NO5. The van der Waals surface area contributed by atoms with Gasteiger partial charge < -0.3 is 19.8 Å². The lowest BCUT2D eigenvalue weighted by Crippen LogP contribution is -2.33. The van der Waals surface area contributed by atoms with Crippen LogP contribution in [-0.4, -0.2) is 42.4 Å². The molecule has 0 fully saturated rings. The minimum atomic E-state index is -0.916. The van der Waals surface area contributed by atoms with Gasteiger partial charge in [0.15, 0.2) is 0 Å². The van der Waals surface area contributed by atoms with Crippen molar-refractivity contribution in [3.05, 3.63) is 24.3 Å². The maximum absolute atomic E-state index is 11.0. The van der Waals surface area contributed by atoms with Gasteiger partial charge in [-0.1, -0.05) is 13.0 Å². The molecule has 6 heteroatoms. The number of ether oxygens (including phenoxy) is 1. The molecule has 1 unspecified atom stereocenters. The number of carbonyl (C=O) groups is 2. The lowest BCUT2D eigenvalue weighted by Gasteiger charge is -2.26. The van der Waals surface area contributed by atoms with Crippen LogP contribution in [0.4, 0.5) is 5.69 Å². The topological polar surface area (TPSA) is 87.1 Å². The van der Waals surface area contributed by atoms with Crippen molar-refractivity contribution in [3.8, 4) is 5.75 Å². The van der Waals surface area contributed by atoms with Crippen molar-refractivity contribution in [2.45, 2.75) is 13.3 Å². The Morgan fingerprint density at radius 3 is 2.60 bits per heavy atom. The highest BCUT2D eigenvalue weighted by atomic mass is 16.5. The van der Waals surface area contributed by atoms with Gasteiger partial charge in [-0.15, -0.1) is 0 Å². The summed E-state index contributed by atoms with van der Waals surface area (Å²) in [5.41, 5.74) is 0.749. The van der Waals surface area contributed by atoms with E-state index in [4.69, 9.17) is 14.9 Å². The van der Waals surface area contributed by atoms with Crippen LogP contribution in [0.25, 0.3) is 0 Å². The maximum atomic E-state index is 11.0. The molecule has 0 aliphatic carbocycles. The molecule has 1 atom stereocenters. The van der Waals surface area contributed by atoms with E-state index in [0.29, 0.717) is 5.75 Å². The molecule has 1 rings (SSSR count). The fourth-order valence-corrected chi connectivity index (χ4v) is 1.77. The third kappa shape index (κ3) is 4.79. The van der Waals surface area contributed by atoms with Crippen molar-refractivity contribution in [1.82, 2.24) is 0 Å². The first-order valence-electron chi connectivity index (χ1n) is 6.27. The van der Waals surface area contributed by atoms with Crippen LogP contribution in [0, 0.1) is 5.92 Å². The lowest BCUT2D eigenvalue weighted by molar-refractivity contribution is -0.140. The monoisotopic (exact) mass is 281 g/mol. The van der Waals surface area contributed by atoms with Crippen molar-refractivity contribution >= 4 is 17.6 Å². The van der Waals surface area contributed by atoms with Gasteiger partial charge in [0.05, 0.1) is 19.4 Å². The molecule has 0 saturated heterocycles. The molecule has 0 spiro atoms. The third-order valence-corrected chi connectivity index (χ3v) is 2.93. The minimum Gasteiger partial charge on any atom is -0.497 e. The van der Waals surface area contributed by atoms with Crippen LogP contribution in [0.5, 0.6) is 5.75 Å². The zero-order valence-electron chi connectivity index (χ0n) is 11.6. The number of benzene rings is 1. The standard InChI is InChI=1S/C14H19NO5/c1-10(14(18)19)9-15(7-6-13(16)17)11-4-3-5-12(8-11)20-2/h3-5,8,10H,6-7,9H2,1-2H3,(H,16,17)(H,18,19). The molecule has 20 heavy (non-hydrogen) atoms. The third-order valence-electron chi connectivity index (χ3n) is 2.93. The molecule has 0 aromatic heterocycles. The van der Waals surface area contributed by atoms with Gasteiger partial charge in [-0.25, -0.2) is 0 Å². The fourth-order valence-electron chi connectivity index (χ4n) is 1.77. The number of anilines is 1. The molecule has 0 aliphatic rings. The summed E-state index contributed by atoms with van der Waals surface area (Å²) >= 11 is 0. The Morgan fingerprint density at radius 1 is 1.35 bits per heavy atom. The highest BCUT2D eigenvalue weighted by molar-refractivity contribution is 5.71. The van der Waals surface area contributed by atoms with Gasteiger partial charge in [0.2, 0.25) is 0 Å². The molecule has 0 radical (unpaired) electrons. The average molecular weight is 281 g/mol. The van der Waals surface area contributed by atoms with Gasteiger partial charge in [-0.2, -0.15) is 0 Å². The van der Waals surface area contributed by atoms with Gasteiger partial charge in [0.1, 0.15) is 5.75 Å². The van der Waals surface area contributed by atoms with Crippen LogP contribution in [0.2, 0.25) is 0 Å². The normalized spacial score (nSPS) is 11.7. The van der Waals surface area contributed by atoms with Gasteiger partial charge in [0.25, 0.3) is 0 Å². The van der Waals surface area contributed by atoms with Gasteiger partial charge in [-0.05, 0) is 12.1 Å².